The van der Waals surface area contributed by atoms with Crippen LogP contribution in [0.25, 0.3) is 0 Å². The molecular formula is C4H7NO3. The molecule has 0 aliphatic rings. The van der Waals surface area contributed by atoms with Gasteiger partial charge in [0.05, 0.1) is 13.1 Å². The number of carbonyl (C=O) groups is 1. The highest BCUT2D eigenvalue weighted by Crippen LogP contribution is 1.60. The summed E-state index contributed by atoms with van der Waals surface area (Å²) in [7, 11) is 1.29. The first-order valence-electron chi connectivity index (χ1n) is 2.04. The highest BCUT2D eigenvalue weighted by molar-refractivity contribution is 5.79. The average molecular weight is 117 g/mol. The van der Waals surface area contributed by atoms with Gasteiger partial charge in [0.2, 0.25) is 0 Å². The van der Waals surface area contributed by atoms with E-state index in [0.717, 1.165) is 12.3 Å². The molecule has 0 aliphatic heterocycles. The van der Waals surface area contributed by atoms with Crippen LogP contribution in [0.2, 0.25) is 0 Å². The number of carboxylic acid groups (broad SMARTS) is 1. The van der Waals surface area contributed by atoms with E-state index in [-0.39, 0.29) is 5.06 Å². The molecule has 1 atom stereocenters. The lowest BCUT2D eigenvalue weighted by Gasteiger charge is -2.06. The molecule has 4 nitrogen and oxygen atoms in total. The minimum Gasteiger partial charge on any atom is -0.629 e. The molecule has 0 radical (unpaired) electrons. The van der Waals surface area contributed by atoms with Crippen LogP contribution in [0.1, 0.15) is 0 Å². The van der Waals surface area contributed by atoms with Crippen LogP contribution in [0.3, 0.4) is 0 Å². The first kappa shape index (κ1) is 7.13. The minimum atomic E-state index is -1.10. The molecule has 0 rings (SSSR count). The zero-order chi connectivity index (χ0) is 6.57. The summed E-state index contributed by atoms with van der Waals surface area (Å²) in [5, 5.41) is 17.7. The molecule has 2 N–H and O–H groups in total. The van der Waals surface area contributed by atoms with E-state index in [4.69, 9.17) is 5.11 Å². The Labute approximate surface area is 46.6 Å². The van der Waals surface area contributed by atoms with E-state index >= 15 is 0 Å². The lowest BCUT2D eigenvalue weighted by molar-refractivity contribution is -0.766. The maximum Gasteiger partial charge on any atom is 0.333 e. The van der Waals surface area contributed by atoms with Crippen molar-refractivity contribution < 1.29 is 15.0 Å². The van der Waals surface area contributed by atoms with Gasteiger partial charge in [0.15, 0.2) is 0 Å². The van der Waals surface area contributed by atoms with Crippen LogP contribution >= 0.6 is 0 Å². The summed E-state index contributed by atoms with van der Waals surface area (Å²) >= 11 is 0. The van der Waals surface area contributed by atoms with E-state index in [1.165, 1.54) is 7.05 Å². The maximum atomic E-state index is 10.00. The lowest BCUT2D eigenvalue weighted by Crippen LogP contribution is -2.98. The number of aliphatic carboxylic acids is 1. The molecule has 8 heavy (non-hydrogen) atoms. The van der Waals surface area contributed by atoms with E-state index < -0.39 is 5.97 Å². The fraction of sp³-hybridized carbons (Fsp3) is 0.250. The second-order valence-corrected chi connectivity index (χ2v) is 1.28. The molecule has 0 heterocycles. The standard InChI is InChI=1S/C4H7NO3/c1-5(8)3-2-4(6)7/h2-3,5H,1H3,(H,6,7)/b3-2-. The van der Waals surface area contributed by atoms with Crippen molar-refractivity contribution in [1.29, 1.82) is 0 Å². The highest BCUT2D eigenvalue weighted by Gasteiger charge is 1.84. The van der Waals surface area contributed by atoms with Gasteiger partial charge >= 0.3 is 5.97 Å². The van der Waals surface area contributed by atoms with Gasteiger partial charge in [-0.25, -0.2) is 4.79 Å². The molecule has 4 heteroatoms. The Kier molecular flexibility index (Phi) is 2.83. The van der Waals surface area contributed by atoms with Crippen LogP contribution in [0.5, 0.6) is 0 Å². The van der Waals surface area contributed by atoms with Crippen LogP contribution in [0.4, 0.5) is 0 Å². The van der Waals surface area contributed by atoms with Gasteiger partial charge in [0, 0.05) is 0 Å². The quantitative estimate of drug-likeness (QED) is 0.345. The van der Waals surface area contributed by atoms with Crippen molar-refractivity contribution in [1.82, 2.24) is 0 Å². The van der Waals surface area contributed by atoms with Crippen LogP contribution in [-0.2, 0) is 4.79 Å². The Balaban J connectivity index is 3.50. The molecule has 0 saturated carbocycles. The third-order valence-corrected chi connectivity index (χ3v) is 0.461. The predicted molar refractivity (Wildman–Crippen MR) is 27.0 cm³/mol. The number of carboxylic acids is 1. The van der Waals surface area contributed by atoms with Crippen molar-refractivity contribution in [2.24, 2.45) is 0 Å². The minimum absolute atomic E-state index is 0.257. The molecule has 0 aromatic rings. The number of hydroxylamine groups is 2. The van der Waals surface area contributed by atoms with Gasteiger partial charge in [-0.15, -0.1) is 0 Å². The topological polar surface area (TPSA) is 64.8 Å². The average Bonchev–Trinajstić information content (AvgIpc) is 1.61. The van der Waals surface area contributed by atoms with Gasteiger partial charge in [-0.3, -0.25) is 0 Å². The summed E-state index contributed by atoms with van der Waals surface area (Å²) < 4.78 is 0. The predicted octanol–water partition coefficient (Wildman–Crippen LogP) is -1.40. The Morgan fingerprint density at radius 1 is 1.88 bits per heavy atom. The molecule has 0 aromatic carbocycles. The molecular weight excluding hydrogens is 110 g/mol. The van der Waals surface area contributed by atoms with Gasteiger partial charge in [-0.05, 0) is 0 Å². The molecule has 0 amide bonds. The zero-order valence-corrected chi connectivity index (χ0v) is 4.42. The molecule has 46 valence electrons. The van der Waals surface area contributed by atoms with Gasteiger partial charge in [0.1, 0.15) is 6.20 Å². The fourth-order valence-corrected chi connectivity index (χ4v) is 0.189. The molecule has 0 saturated heterocycles. The van der Waals surface area contributed by atoms with Crippen molar-refractivity contribution in [3.63, 3.8) is 0 Å². The van der Waals surface area contributed by atoms with Gasteiger partial charge in [-0.2, -0.15) is 0 Å². The molecule has 0 aromatic heterocycles. The first-order valence-corrected chi connectivity index (χ1v) is 2.04. The van der Waals surface area contributed by atoms with E-state index in [1.54, 1.807) is 0 Å². The lowest BCUT2D eigenvalue weighted by atomic mass is 10.6. The normalized spacial score (nSPS) is 14.2. The molecule has 0 bridgehead atoms. The smallest absolute Gasteiger partial charge is 0.333 e. The Morgan fingerprint density at radius 3 is 2.50 bits per heavy atom. The third kappa shape index (κ3) is 5.13. The Bertz CT molecular complexity index is 108. The fourth-order valence-electron chi connectivity index (χ4n) is 0.189. The monoisotopic (exact) mass is 117 g/mol. The number of hydrogen-bond acceptors (Lipinski definition) is 2. The number of rotatable bonds is 2. The van der Waals surface area contributed by atoms with E-state index in [2.05, 4.69) is 0 Å². The molecule has 1 unspecified atom stereocenters. The van der Waals surface area contributed by atoms with Gasteiger partial charge in [0.25, 0.3) is 0 Å². The molecule has 0 spiro atoms. The van der Waals surface area contributed by atoms with Crippen LogP contribution in [0.15, 0.2) is 12.3 Å². The summed E-state index contributed by atoms with van der Waals surface area (Å²) in [4.78, 5) is 9.66. The van der Waals surface area contributed by atoms with Crippen molar-refractivity contribution in [2.75, 3.05) is 7.05 Å². The van der Waals surface area contributed by atoms with Crippen LogP contribution in [-0.4, -0.2) is 18.1 Å². The Morgan fingerprint density at radius 2 is 2.38 bits per heavy atom. The first-order chi connectivity index (χ1) is 3.63. The van der Waals surface area contributed by atoms with Gasteiger partial charge in [-0.1, -0.05) is 0 Å². The maximum absolute atomic E-state index is 10.00. The van der Waals surface area contributed by atoms with Crippen molar-refractivity contribution in [2.45, 2.75) is 0 Å². The van der Waals surface area contributed by atoms with Crippen molar-refractivity contribution in [3.8, 4) is 0 Å². The van der Waals surface area contributed by atoms with Crippen molar-refractivity contribution in [3.05, 3.63) is 17.5 Å². The summed E-state index contributed by atoms with van der Waals surface area (Å²) in [5.41, 5.74) is 0. The summed E-state index contributed by atoms with van der Waals surface area (Å²) in [6.07, 6.45) is 1.81. The van der Waals surface area contributed by atoms with E-state index in [9.17, 15) is 10.0 Å². The number of nitrogens with one attached hydrogen (secondary N) is 1. The third-order valence-electron chi connectivity index (χ3n) is 0.461. The van der Waals surface area contributed by atoms with Crippen molar-refractivity contribution >= 4 is 5.97 Å². The Hall–Kier alpha value is -0.870. The van der Waals surface area contributed by atoms with Gasteiger partial charge < -0.3 is 15.4 Å². The second kappa shape index (κ2) is 3.17. The summed E-state index contributed by atoms with van der Waals surface area (Å²) in [6.45, 7) is 0. The highest BCUT2D eigenvalue weighted by atomic mass is 16.5. The zero-order valence-electron chi connectivity index (χ0n) is 4.42. The SMILES string of the molecule is C[NH+]([O-])/C=C\C(=O)O. The van der Waals surface area contributed by atoms with Crippen LogP contribution < -0.4 is 5.06 Å². The largest absolute Gasteiger partial charge is 0.629 e. The molecule has 0 aliphatic carbocycles. The molecule has 0 fully saturated rings. The second-order valence-electron chi connectivity index (χ2n) is 1.28. The number of quaternary nitrogens is 1. The number of hydrogen-bond donors (Lipinski definition) is 2. The van der Waals surface area contributed by atoms with Crippen LogP contribution in [0, 0.1) is 5.21 Å². The van der Waals surface area contributed by atoms with E-state index in [0.29, 0.717) is 0 Å². The summed E-state index contributed by atoms with van der Waals surface area (Å²) in [6, 6.07) is 0. The summed E-state index contributed by atoms with van der Waals surface area (Å²) in [5.74, 6) is -1.10. The van der Waals surface area contributed by atoms with E-state index in [1.807, 2.05) is 0 Å².